The molecule has 160 valence electrons. The molecule has 4 aromatic rings. The van der Waals surface area contributed by atoms with Gasteiger partial charge in [-0.25, -0.2) is 4.68 Å². The Hall–Kier alpha value is -4.80. The van der Waals surface area contributed by atoms with Gasteiger partial charge in [0, 0.05) is 11.8 Å². The quantitative estimate of drug-likeness (QED) is 0.327. The smallest absolute Gasteiger partial charge is 0.275 e. The number of aryl methyl sites for hydroxylation is 1. The van der Waals surface area contributed by atoms with Gasteiger partial charge in [0.2, 0.25) is 5.69 Å². The summed E-state index contributed by atoms with van der Waals surface area (Å²) in [6.07, 6.45) is 1.54. The van der Waals surface area contributed by atoms with Gasteiger partial charge in [-0.05, 0) is 19.1 Å². The normalized spacial score (nSPS) is 10.5. The van der Waals surface area contributed by atoms with Crippen LogP contribution in [0.4, 0.5) is 5.69 Å². The van der Waals surface area contributed by atoms with Crippen molar-refractivity contribution in [2.45, 2.75) is 6.92 Å². The molecule has 0 bridgehead atoms. The van der Waals surface area contributed by atoms with Gasteiger partial charge in [0.1, 0.15) is 11.4 Å². The Kier molecular flexibility index (Phi) is 5.45. The largest absolute Gasteiger partial charge is 0.322 e. The van der Waals surface area contributed by atoms with Crippen molar-refractivity contribution in [1.82, 2.24) is 30.8 Å². The molecule has 0 aliphatic heterocycles. The number of carbonyl (C=O) groups is 2. The minimum atomic E-state index is -0.925. The van der Waals surface area contributed by atoms with Crippen molar-refractivity contribution in [3.63, 3.8) is 0 Å². The fraction of sp³-hybridized carbons (Fsp3) is 0.0476. The number of hydrogen-bond donors (Lipinski definition) is 3. The third-order valence-electron chi connectivity index (χ3n) is 4.63. The van der Waals surface area contributed by atoms with E-state index in [0.717, 1.165) is 5.69 Å². The SMILES string of the molecule is Cc1[nH]nc(C(=O)NNC(=O)c2cn(-c3ccccc3)nc2-c2ccccc2)c1[N+](=O)[O-]. The number of nitrogens with zero attached hydrogens (tertiary/aromatic N) is 4. The second-order valence-corrected chi connectivity index (χ2v) is 6.75. The Balaban J connectivity index is 1.61. The zero-order valence-corrected chi connectivity index (χ0v) is 16.8. The van der Waals surface area contributed by atoms with E-state index in [4.69, 9.17) is 0 Å². The number of hydrogen-bond acceptors (Lipinski definition) is 6. The summed E-state index contributed by atoms with van der Waals surface area (Å²) in [5.74, 6) is -1.57. The summed E-state index contributed by atoms with van der Waals surface area (Å²) in [7, 11) is 0. The second kappa shape index (κ2) is 8.52. The van der Waals surface area contributed by atoms with Crippen LogP contribution in [0.3, 0.4) is 0 Å². The molecule has 3 N–H and O–H groups in total. The maximum atomic E-state index is 12.9. The van der Waals surface area contributed by atoms with Gasteiger partial charge in [0.25, 0.3) is 11.8 Å². The van der Waals surface area contributed by atoms with Crippen LogP contribution < -0.4 is 10.9 Å². The first-order valence-electron chi connectivity index (χ1n) is 9.46. The molecule has 4 rings (SSSR count). The number of nitrogens with one attached hydrogen (secondary N) is 3. The minimum Gasteiger partial charge on any atom is -0.275 e. The van der Waals surface area contributed by atoms with E-state index in [0.29, 0.717) is 11.3 Å². The maximum Gasteiger partial charge on any atom is 0.322 e. The van der Waals surface area contributed by atoms with Crippen molar-refractivity contribution in [3.05, 3.63) is 93.9 Å². The molecule has 0 aliphatic rings. The molecule has 0 radical (unpaired) electrons. The molecule has 0 saturated heterocycles. The van der Waals surface area contributed by atoms with E-state index in [-0.39, 0.29) is 11.3 Å². The Labute approximate surface area is 181 Å². The van der Waals surface area contributed by atoms with Crippen LogP contribution in [0.1, 0.15) is 26.5 Å². The monoisotopic (exact) mass is 431 g/mol. The lowest BCUT2D eigenvalue weighted by molar-refractivity contribution is -0.385. The topological polar surface area (TPSA) is 148 Å². The molecule has 0 spiro atoms. The third-order valence-corrected chi connectivity index (χ3v) is 4.63. The number of hydrazine groups is 1. The molecule has 2 aromatic heterocycles. The molecule has 0 unspecified atom stereocenters. The van der Waals surface area contributed by atoms with Gasteiger partial charge in [0.15, 0.2) is 0 Å². The molecule has 0 aliphatic carbocycles. The lowest BCUT2D eigenvalue weighted by Crippen LogP contribution is -2.42. The molecule has 2 heterocycles. The number of carbonyl (C=O) groups excluding carboxylic acids is 2. The van der Waals surface area contributed by atoms with E-state index in [1.807, 2.05) is 60.7 Å². The average molecular weight is 431 g/mol. The molecular weight excluding hydrogens is 414 g/mol. The van der Waals surface area contributed by atoms with Gasteiger partial charge >= 0.3 is 5.69 Å². The highest BCUT2D eigenvalue weighted by molar-refractivity contribution is 6.02. The van der Waals surface area contributed by atoms with E-state index in [1.54, 1.807) is 10.9 Å². The van der Waals surface area contributed by atoms with Gasteiger partial charge < -0.3 is 0 Å². The Bertz CT molecular complexity index is 1300. The highest BCUT2D eigenvalue weighted by atomic mass is 16.6. The molecule has 2 amide bonds. The highest BCUT2D eigenvalue weighted by Crippen LogP contribution is 2.24. The number of benzene rings is 2. The van der Waals surface area contributed by atoms with Gasteiger partial charge in [0.05, 0.1) is 16.2 Å². The predicted molar refractivity (Wildman–Crippen MR) is 114 cm³/mol. The van der Waals surface area contributed by atoms with Crippen molar-refractivity contribution in [3.8, 4) is 16.9 Å². The second-order valence-electron chi connectivity index (χ2n) is 6.75. The molecule has 2 aromatic carbocycles. The van der Waals surface area contributed by atoms with Crippen LogP contribution in [0.5, 0.6) is 0 Å². The number of amides is 2. The van der Waals surface area contributed by atoms with Crippen LogP contribution in [0.25, 0.3) is 16.9 Å². The van der Waals surface area contributed by atoms with Crippen molar-refractivity contribution >= 4 is 17.5 Å². The first kappa shape index (κ1) is 20.5. The first-order chi connectivity index (χ1) is 15.5. The number of aromatic amines is 1. The zero-order chi connectivity index (χ0) is 22.7. The summed E-state index contributed by atoms with van der Waals surface area (Å²) in [6.45, 7) is 1.42. The van der Waals surface area contributed by atoms with Crippen LogP contribution in [0.2, 0.25) is 0 Å². The number of rotatable bonds is 5. The van der Waals surface area contributed by atoms with Crippen molar-refractivity contribution in [2.75, 3.05) is 0 Å². The summed E-state index contributed by atoms with van der Waals surface area (Å²) < 4.78 is 1.56. The lowest BCUT2D eigenvalue weighted by Gasteiger charge is -2.06. The molecule has 11 nitrogen and oxygen atoms in total. The fourth-order valence-electron chi connectivity index (χ4n) is 3.11. The lowest BCUT2D eigenvalue weighted by atomic mass is 10.1. The fourth-order valence-corrected chi connectivity index (χ4v) is 3.11. The molecule has 0 saturated carbocycles. The standard InChI is InChI=1S/C21H17N7O4/c1-13-19(28(31)32)18(23-22-13)21(30)25-24-20(29)16-12-27(15-10-6-3-7-11-15)26-17(16)14-8-4-2-5-9-14/h2-12H,1H3,(H,22,23)(H,24,29)(H,25,30). The maximum absolute atomic E-state index is 12.9. The third kappa shape index (κ3) is 3.94. The van der Waals surface area contributed by atoms with Crippen LogP contribution >= 0.6 is 0 Å². The zero-order valence-electron chi connectivity index (χ0n) is 16.8. The summed E-state index contributed by atoms with van der Waals surface area (Å²) in [4.78, 5) is 35.7. The number of para-hydroxylation sites is 1. The minimum absolute atomic E-state index is 0.127. The van der Waals surface area contributed by atoms with Crippen molar-refractivity contribution in [2.24, 2.45) is 0 Å². The molecular formula is C21H17N7O4. The summed E-state index contributed by atoms with van der Waals surface area (Å²) >= 11 is 0. The number of aromatic nitrogens is 4. The van der Waals surface area contributed by atoms with Crippen molar-refractivity contribution < 1.29 is 14.5 Å². The number of nitro groups is 1. The van der Waals surface area contributed by atoms with Gasteiger partial charge in [-0.2, -0.15) is 10.2 Å². The van der Waals surface area contributed by atoms with E-state index in [1.165, 1.54) is 6.92 Å². The van der Waals surface area contributed by atoms with E-state index in [2.05, 4.69) is 26.1 Å². The first-order valence-corrected chi connectivity index (χ1v) is 9.46. The Morgan fingerprint density at radius 1 is 1.00 bits per heavy atom. The van der Waals surface area contributed by atoms with Crippen molar-refractivity contribution in [1.29, 1.82) is 0 Å². The van der Waals surface area contributed by atoms with E-state index < -0.39 is 28.1 Å². The van der Waals surface area contributed by atoms with Gasteiger partial charge in [-0.3, -0.25) is 35.7 Å². The average Bonchev–Trinajstić information content (AvgIpc) is 3.43. The molecule has 0 atom stereocenters. The molecule has 32 heavy (non-hydrogen) atoms. The van der Waals surface area contributed by atoms with E-state index >= 15 is 0 Å². The summed E-state index contributed by atoms with van der Waals surface area (Å²) in [5.41, 5.74) is 5.74. The summed E-state index contributed by atoms with van der Waals surface area (Å²) in [5, 5.41) is 21.8. The molecule has 0 fully saturated rings. The summed E-state index contributed by atoms with van der Waals surface area (Å²) in [6, 6.07) is 18.3. The van der Waals surface area contributed by atoms with Gasteiger partial charge in [-0.1, -0.05) is 48.5 Å². The Morgan fingerprint density at radius 3 is 2.28 bits per heavy atom. The Morgan fingerprint density at radius 2 is 1.62 bits per heavy atom. The number of H-pyrrole nitrogens is 1. The van der Waals surface area contributed by atoms with E-state index in [9.17, 15) is 19.7 Å². The highest BCUT2D eigenvalue weighted by Gasteiger charge is 2.28. The van der Waals surface area contributed by atoms with Gasteiger partial charge in [-0.15, -0.1) is 0 Å². The van der Waals surface area contributed by atoms with Crippen LogP contribution in [0.15, 0.2) is 66.9 Å². The predicted octanol–water partition coefficient (Wildman–Crippen LogP) is 2.55. The van der Waals surface area contributed by atoms with Crippen LogP contribution in [0, 0.1) is 17.0 Å². The van der Waals surface area contributed by atoms with Crippen LogP contribution in [-0.4, -0.2) is 36.7 Å². The molecule has 11 heteroatoms. The van der Waals surface area contributed by atoms with Crippen LogP contribution in [-0.2, 0) is 0 Å².